The minimum Gasteiger partial charge on any atom is -0.479 e. The SMILES string of the molecule is CCC(NC(=O)NCC(OC)C(=O)O)c1ccccc1. The van der Waals surface area contributed by atoms with Gasteiger partial charge in [0, 0.05) is 7.11 Å². The van der Waals surface area contributed by atoms with Gasteiger partial charge in [-0.25, -0.2) is 9.59 Å². The molecule has 2 unspecified atom stereocenters. The Kier molecular flexibility index (Phi) is 6.52. The summed E-state index contributed by atoms with van der Waals surface area (Å²) in [5.41, 5.74) is 1.01. The summed E-state index contributed by atoms with van der Waals surface area (Å²) < 4.78 is 4.74. The summed E-state index contributed by atoms with van der Waals surface area (Å²) in [7, 11) is 1.29. The van der Waals surface area contributed by atoms with Crippen LogP contribution in [0.25, 0.3) is 0 Å². The maximum Gasteiger partial charge on any atom is 0.334 e. The Bertz CT molecular complexity index is 436. The third kappa shape index (κ3) is 4.89. The van der Waals surface area contributed by atoms with Crippen LogP contribution in [-0.4, -0.2) is 36.9 Å². The highest BCUT2D eigenvalue weighted by molar-refractivity contribution is 5.77. The van der Waals surface area contributed by atoms with E-state index in [0.717, 1.165) is 12.0 Å². The van der Waals surface area contributed by atoms with E-state index < -0.39 is 18.1 Å². The van der Waals surface area contributed by atoms with Gasteiger partial charge in [-0.1, -0.05) is 37.3 Å². The summed E-state index contributed by atoms with van der Waals surface area (Å²) in [6.45, 7) is 1.88. The molecule has 6 heteroatoms. The molecule has 0 aliphatic heterocycles. The Labute approximate surface area is 118 Å². The van der Waals surface area contributed by atoms with Gasteiger partial charge in [-0.05, 0) is 12.0 Å². The van der Waals surface area contributed by atoms with Crippen molar-refractivity contribution >= 4 is 12.0 Å². The molecule has 1 rings (SSSR count). The first-order valence-electron chi connectivity index (χ1n) is 6.43. The van der Waals surface area contributed by atoms with E-state index in [-0.39, 0.29) is 12.6 Å². The monoisotopic (exact) mass is 280 g/mol. The molecule has 0 aromatic heterocycles. The van der Waals surface area contributed by atoms with Crippen LogP contribution >= 0.6 is 0 Å². The number of nitrogens with one attached hydrogen (secondary N) is 2. The fraction of sp³-hybridized carbons (Fsp3) is 0.429. The molecule has 0 saturated carbocycles. The van der Waals surface area contributed by atoms with Crippen molar-refractivity contribution in [2.75, 3.05) is 13.7 Å². The first-order chi connectivity index (χ1) is 9.58. The standard InChI is InChI=1S/C14H20N2O4/c1-3-11(10-7-5-4-6-8-10)16-14(19)15-9-12(20-2)13(17)18/h4-8,11-12H,3,9H2,1-2H3,(H,17,18)(H2,15,16,19). The largest absolute Gasteiger partial charge is 0.479 e. The van der Waals surface area contributed by atoms with Gasteiger partial charge in [-0.15, -0.1) is 0 Å². The fourth-order valence-electron chi connectivity index (χ4n) is 1.77. The Morgan fingerprint density at radius 3 is 2.45 bits per heavy atom. The Morgan fingerprint density at radius 1 is 1.30 bits per heavy atom. The summed E-state index contributed by atoms with van der Waals surface area (Å²) in [4.78, 5) is 22.5. The van der Waals surface area contributed by atoms with Crippen LogP contribution in [0.2, 0.25) is 0 Å². The maximum atomic E-state index is 11.8. The highest BCUT2D eigenvalue weighted by Gasteiger charge is 2.18. The van der Waals surface area contributed by atoms with E-state index in [1.54, 1.807) is 0 Å². The van der Waals surface area contributed by atoms with Crippen molar-refractivity contribution in [2.45, 2.75) is 25.5 Å². The second kappa shape index (κ2) is 8.16. The van der Waals surface area contributed by atoms with Crippen LogP contribution in [0.1, 0.15) is 24.9 Å². The lowest BCUT2D eigenvalue weighted by molar-refractivity contribution is -0.147. The van der Waals surface area contributed by atoms with Gasteiger partial charge in [0.25, 0.3) is 0 Å². The number of carboxylic acid groups (broad SMARTS) is 1. The van der Waals surface area contributed by atoms with Gasteiger partial charge in [0.05, 0.1) is 12.6 Å². The molecule has 20 heavy (non-hydrogen) atoms. The lowest BCUT2D eigenvalue weighted by atomic mass is 10.1. The normalized spacial score (nSPS) is 13.3. The minimum atomic E-state index is -1.11. The fourth-order valence-corrected chi connectivity index (χ4v) is 1.77. The second-order valence-corrected chi connectivity index (χ2v) is 4.29. The zero-order valence-corrected chi connectivity index (χ0v) is 11.6. The van der Waals surface area contributed by atoms with Crippen molar-refractivity contribution in [3.63, 3.8) is 0 Å². The van der Waals surface area contributed by atoms with Crippen LogP contribution in [0, 0.1) is 0 Å². The van der Waals surface area contributed by atoms with Crippen molar-refractivity contribution in [3.8, 4) is 0 Å². The van der Waals surface area contributed by atoms with Gasteiger partial charge in [0.2, 0.25) is 0 Å². The van der Waals surface area contributed by atoms with Gasteiger partial charge in [-0.3, -0.25) is 0 Å². The molecule has 110 valence electrons. The molecule has 0 aliphatic rings. The molecule has 1 aromatic rings. The van der Waals surface area contributed by atoms with Crippen LogP contribution in [0.5, 0.6) is 0 Å². The molecule has 0 saturated heterocycles. The van der Waals surface area contributed by atoms with E-state index in [9.17, 15) is 9.59 Å². The Balaban J connectivity index is 2.50. The number of benzene rings is 1. The van der Waals surface area contributed by atoms with Gasteiger partial charge in [0.15, 0.2) is 6.10 Å². The van der Waals surface area contributed by atoms with Crippen LogP contribution in [0.3, 0.4) is 0 Å². The van der Waals surface area contributed by atoms with Gasteiger partial charge < -0.3 is 20.5 Å². The van der Waals surface area contributed by atoms with Crippen molar-refractivity contribution in [1.82, 2.24) is 10.6 Å². The highest BCUT2D eigenvalue weighted by atomic mass is 16.5. The maximum absolute atomic E-state index is 11.8. The number of hydrogen-bond donors (Lipinski definition) is 3. The molecule has 0 heterocycles. The van der Waals surface area contributed by atoms with E-state index >= 15 is 0 Å². The number of methoxy groups -OCH3 is 1. The molecule has 0 fully saturated rings. The van der Waals surface area contributed by atoms with Crippen LogP contribution in [0.4, 0.5) is 4.79 Å². The Hall–Kier alpha value is -2.08. The van der Waals surface area contributed by atoms with Crippen molar-refractivity contribution in [1.29, 1.82) is 0 Å². The zero-order valence-electron chi connectivity index (χ0n) is 11.6. The predicted molar refractivity (Wildman–Crippen MR) is 74.4 cm³/mol. The number of aliphatic carboxylic acids is 1. The number of carbonyl (C=O) groups is 2. The number of hydrogen-bond acceptors (Lipinski definition) is 3. The van der Waals surface area contributed by atoms with E-state index in [1.165, 1.54) is 7.11 Å². The van der Waals surface area contributed by atoms with Crippen molar-refractivity contribution in [3.05, 3.63) is 35.9 Å². The first-order valence-corrected chi connectivity index (χ1v) is 6.43. The Morgan fingerprint density at radius 2 is 1.95 bits per heavy atom. The lowest BCUT2D eigenvalue weighted by Gasteiger charge is -2.19. The van der Waals surface area contributed by atoms with Gasteiger partial charge in [0.1, 0.15) is 0 Å². The molecule has 2 atom stereocenters. The molecule has 3 N–H and O–H groups in total. The second-order valence-electron chi connectivity index (χ2n) is 4.29. The van der Waals surface area contributed by atoms with E-state index in [1.807, 2.05) is 37.3 Å². The van der Waals surface area contributed by atoms with E-state index in [2.05, 4.69) is 10.6 Å². The van der Waals surface area contributed by atoms with Crippen molar-refractivity contribution < 1.29 is 19.4 Å². The number of carboxylic acids is 1. The van der Waals surface area contributed by atoms with Crippen LogP contribution in [0.15, 0.2) is 30.3 Å². The molecule has 0 bridgehead atoms. The summed E-state index contributed by atoms with van der Waals surface area (Å²) in [6, 6.07) is 9.07. The summed E-state index contributed by atoms with van der Waals surface area (Å²) >= 11 is 0. The summed E-state index contributed by atoms with van der Waals surface area (Å²) in [5.74, 6) is -1.11. The first kappa shape index (κ1) is 16.0. The zero-order chi connectivity index (χ0) is 15.0. The van der Waals surface area contributed by atoms with Gasteiger partial charge >= 0.3 is 12.0 Å². The molecule has 0 radical (unpaired) electrons. The van der Waals surface area contributed by atoms with Gasteiger partial charge in [-0.2, -0.15) is 0 Å². The topological polar surface area (TPSA) is 87.7 Å². The summed E-state index contributed by atoms with van der Waals surface area (Å²) in [6.07, 6.45) is -0.304. The number of urea groups is 1. The average molecular weight is 280 g/mol. The molecule has 6 nitrogen and oxygen atoms in total. The van der Waals surface area contributed by atoms with E-state index in [0.29, 0.717) is 0 Å². The highest BCUT2D eigenvalue weighted by Crippen LogP contribution is 2.15. The third-order valence-corrected chi connectivity index (χ3v) is 2.92. The third-order valence-electron chi connectivity index (χ3n) is 2.92. The molecule has 1 aromatic carbocycles. The van der Waals surface area contributed by atoms with Crippen LogP contribution in [-0.2, 0) is 9.53 Å². The molecule has 2 amide bonds. The quantitative estimate of drug-likeness (QED) is 0.707. The smallest absolute Gasteiger partial charge is 0.334 e. The molecular weight excluding hydrogens is 260 g/mol. The molecule has 0 aliphatic carbocycles. The molecule has 0 spiro atoms. The number of ether oxygens (including phenoxy) is 1. The number of amides is 2. The predicted octanol–water partition coefficient (Wildman–Crippen LogP) is 1.54. The summed E-state index contributed by atoms with van der Waals surface area (Å²) in [5, 5.41) is 14.1. The number of rotatable bonds is 7. The van der Waals surface area contributed by atoms with Crippen molar-refractivity contribution in [2.24, 2.45) is 0 Å². The lowest BCUT2D eigenvalue weighted by Crippen LogP contribution is -2.43. The minimum absolute atomic E-state index is 0.0805. The molecular formula is C14H20N2O4. The van der Waals surface area contributed by atoms with Crippen LogP contribution < -0.4 is 10.6 Å². The van der Waals surface area contributed by atoms with E-state index in [4.69, 9.17) is 9.84 Å². The number of carbonyl (C=O) groups excluding carboxylic acids is 1. The average Bonchev–Trinajstić information content (AvgIpc) is 2.46.